The summed E-state index contributed by atoms with van der Waals surface area (Å²) in [6.07, 6.45) is 5.28. The zero-order valence-electron chi connectivity index (χ0n) is 13.2. The van der Waals surface area contributed by atoms with Crippen LogP contribution >= 0.6 is 0 Å². The first-order chi connectivity index (χ1) is 11.8. The van der Waals surface area contributed by atoms with Crippen LogP contribution in [0.2, 0.25) is 0 Å². The van der Waals surface area contributed by atoms with Gasteiger partial charge in [-0.05, 0) is 48.2 Å². The number of aromatic nitrogens is 1. The molecule has 2 heterocycles. The first-order valence-corrected chi connectivity index (χ1v) is 8.10. The minimum Gasteiger partial charge on any atom is -0.486 e. The number of nitrogens with one attached hydrogen (secondary N) is 2. The van der Waals surface area contributed by atoms with Crippen LogP contribution in [0.25, 0.3) is 0 Å². The maximum Gasteiger partial charge on any atom is 0.315 e. The van der Waals surface area contributed by atoms with Gasteiger partial charge in [0.1, 0.15) is 13.2 Å². The average Bonchev–Trinajstić information content (AvgIpc) is 3.41. The van der Waals surface area contributed by atoms with Crippen molar-refractivity contribution in [1.29, 1.82) is 0 Å². The normalized spacial score (nSPS) is 17.0. The van der Waals surface area contributed by atoms with Crippen LogP contribution in [0.15, 0.2) is 42.7 Å². The molecule has 1 fully saturated rings. The second-order valence-corrected chi connectivity index (χ2v) is 6.10. The Morgan fingerprint density at radius 3 is 2.58 bits per heavy atom. The highest BCUT2D eigenvalue weighted by Crippen LogP contribution is 2.47. The summed E-state index contributed by atoms with van der Waals surface area (Å²) in [5.74, 6) is 1.52. The summed E-state index contributed by atoms with van der Waals surface area (Å²) < 4.78 is 11.2. The van der Waals surface area contributed by atoms with Gasteiger partial charge in [0, 0.05) is 18.9 Å². The fourth-order valence-electron chi connectivity index (χ4n) is 2.90. The molecule has 1 aromatic heterocycles. The molecule has 1 saturated carbocycles. The van der Waals surface area contributed by atoms with E-state index in [-0.39, 0.29) is 11.6 Å². The standard InChI is InChI=1S/C18H19N3O3/c22-17(20-12-13-3-7-19-8-4-13)21-18(5-6-18)14-1-2-15-16(11-14)24-10-9-23-15/h1-4,7-8,11H,5-6,9-10,12H2,(H2,20,21,22). The number of rotatable bonds is 4. The molecule has 1 aliphatic heterocycles. The van der Waals surface area contributed by atoms with Gasteiger partial charge in [0.05, 0.1) is 5.54 Å². The molecule has 2 aliphatic rings. The molecular formula is C18H19N3O3. The SMILES string of the molecule is O=C(NCc1ccncc1)NC1(c2ccc3c(c2)OCCO3)CC1. The maximum absolute atomic E-state index is 12.2. The molecule has 6 nitrogen and oxygen atoms in total. The molecule has 0 atom stereocenters. The second-order valence-electron chi connectivity index (χ2n) is 6.10. The number of pyridine rings is 1. The Hall–Kier alpha value is -2.76. The number of nitrogens with zero attached hydrogens (tertiary/aromatic N) is 1. The lowest BCUT2D eigenvalue weighted by atomic mass is 10.0. The molecule has 2 N–H and O–H groups in total. The zero-order valence-corrected chi connectivity index (χ0v) is 13.2. The zero-order chi connectivity index (χ0) is 16.4. The van der Waals surface area contributed by atoms with Crippen LogP contribution in [0.1, 0.15) is 24.0 Å². The maximum atomic E-state index is 12.2. The third-order valence-electron chi connectivity index (χ3n) is 4.40. The summed E-state index contributed by atoms with van der Waals surface area (Å²) in [6, 6.07) is 9.50. The molecule has 4 rings (SSSR count). The third kappa shape index (κ3) is 2.99. The molecule has 24 heavy (non-hydrogen) atoms. The Kier molecular flexibility index (Phi) is 3.72. The number of benzene rings is 1. The molecule has 0 bridgehead atoms. The van der Waals surface area contributed by atoms with Crippen molar-refractivity contribution in [2.75, 3.05) is 13.2 Å². The molecule has 1 aliphatic carbocycles. The van der Waals surface area contributed by atoms with Gasteiger partial charge < -0.3 is 20.1 Å². The monoisotopic (exact) mass is 325 g/mol. The molecule has 0 radical (unpaired) electrons. The van der Waals surface area contributed by atoms with Crippen molar-refractivity contribution < 1.29 is 14.3 Å². The van der Waals surface area contributed by atoms with E-state index in [4.69, 9.17) is 9.47 Å². The molecular weight excluding hydrogens is 306 g/mol. The number of hydrogen-bond acceptors (Lipinski definition) is 4. The summed E-state index contributed by atoms with van der Waals surface area (Å²) in [5, 5.41) is 5.99. The highest BCUT2D eigenvalue weighted by molar-refractivity contribution is 5.75. The van der Waals surface area contributed by atoms with E-state index in [2.05, 4.69) is 15.6 Å². The smallest absolute Gasteiger partial charge is 0.315 e. The lowest BCUT2D eigenvalue weighted by Gasteiger charge is -2.23. The highest BCUT2D eigenvalue weighted by atomic mass is 16.6. The van der Waals surface area contributed by atoms with E-state index in [9.17, 15) is 4.79 Å². The summed E-state index contributed by atoms with van der Waals surface area (Å²) in [5.41, 5.74) is 1.79. The topological polar surface area (TPSA) is 72.5 Å². The number of carbonyl (C=O) groups excluding carboxylic acids is 1. The van der Waals surface area contributed by atoms with E-state index in [1.54, 1.807) is 12.4 Å². The predicted octanol–water partition coefficient (Wildman–Crippen LogP) is 2.34. The molecule has 6 heteroatoms. The number of ether oxygens (including phenoxy) is 2. The summed E-state index contributed by atoms with van der Waals surface area (Å²) in [6.45, 7) is 1.61. The number of fused-ring (bicyclic) bond motifs is 1. The molecule has 1 aromatic carbocycles. The Morgan fingerprint density at radius 1 is 1.08 bits per heavy atom. The quantitative estimate of drug-likeness (QED) is 0.905. The van der Waals surface area contributed by atoms with Crippen LogP contribution in [0.3, 0.4) is 0 Å². The third-order valence-corrected chi connectivity index (χ3v) is 4.40. The fourth-order valence-corrected chi connectivity index (χ4v) is 2.90. The molecule has 124 valence electrons. The fraction of sp³-hybridized carbons (Fsp3) is 0.333. The Labute approximate surface area is 140 Å². The summed E-state index contributed by atoms with van der Waals surface area (Å²) >= 11 is 0. The number of hydrogen-bond donors (Lipinski definition) is 2. The Morgan fingerprint density at radius 2 is 1.83 bits per heavy atom. The van der Waals surface area contributed by atoms with Gasteiger partial charge in [-0.15, -0.1) is 0 Å². The van der Waals surface area contributed by atoms with Gasteiger partial charge in [-0.2, -0.15) is 0 Å². The van der Waals surface area contributed by atoms with Crippen LogP contribution in [0, 0.1) is 0 Å². The van der Waals surface area contributed by atoms with Crippen LogP contribution < -0.4 is 20.1 Å². The van der Waals surface area contributed by atoms with Crippen molar-refractivity contribution in [2.45, 2.75) is 24.9 Å². The number of amides is 2. The first-order valence-electron chi connectivity index (χ1n) is 8.10. The van der Waals surface area contributed by atoms with Crippen LogP contribution in [0.4, 0.5) is 4.79 Å². The van der Waals surface area contributed by atoms with Crippen molar-refractivity contribution in [3.8, 4) is 11.5 Å². The summed E-state index contributed by atoms with van der Waals surface area (Å²) in [4.78, 5) is 16.2. The molecule has 2 aromatic rings. The molecule has 0 unspecified atom stereocenters. The van der Waals surface area contributed by atoms with Crippen molar-refractivity contribution in [1.82, 2.24) is 15.6 Å². The number of urea groups is 1. The van der Waals surface area contributed by atoms with Crippen LogP contribution in [-0.4, -0.2) is 24.2 Å². The van der Waals surface area contributed by atoms with Gasteiger partial charge in [0.15, 0.2) is 11.5 Å². The van der Waals surface area contributed by atoms with E-state index < -0.39 is 0 Å². The Bertz CT molecular complexity index is 744. The lowest BCUT2D eigenvalue weighted by Crippen LogP contribution is -2.42. The molecule has 2 amide bonds. The predicted molar refractivity (Wildman–Crippen MR) is 88.0 cm³/mol. The van der Waals surface area contributed by atoms with Gasteiger partial charge in [0.2, 0.25) is 0 Å². The average molecular weight is 325 g/mol. The lowest BCUT2D eigenvalue weighted by molar-refractivity contribution is 0.171. The van der Waals surface area contributed by atoms with Gasteiger partial charge in [-0.25, -0.2) is 4.79 Å². The van der Waals surface area contributed by atoms with E-state index in [1.807, 2.05) is 30.3 Å². The minimum absolute atomic E-state index is 0.167. The Balaban J connectivity index is 1.41. The van der Waals surface area contributed by atoms with Crippen molar-refractivity contribution in [2.24, 2.45) is 0 Å². The minimum atomic E-state index is -0.293. The van der Waals surface area contributed by atoms with Crippen LogP contribution in [0.5, 0.6) is 11.5 Å². The highest BCUT2D eigenvalue weighted by Gasteiger charge is 2.46. The van der Waals surface area contributed by atoms with Crippen molar-refractivity contribution in [3.63, 3.8) is 0 Å². The second kappa shape index (κ2) is 6.03. The van der Waals surface area contributed by atoms with E-state index in [0.29, 0.717) is 19.8 Å². The van der Waals surface area contributed by atoms with E-state index in [0.717, 1.165) is 35.5 Å². The largest absolute Gasteiger partial charge is 0.486 e. The first kappa shape index (κ1) is 14.8. The van der Waals surface area contributed by atoms with Gasteiger partial charge in [-0.3, -0.25) is 4.98 Å². The summed E-state index contributed by atoms with van der Waals surface area (Å²) in [7, 11) is 0. The van der Waals surface area contributed by atoms with E-state index >= 15 is 0 Å². The van der Waals surface area contributed by atoms with Gasteiger partial charge in [-0.1, -0.05) is 6.07 Å². The van der Waals surface area contributed by atoms with Crippen molar-refractivity contribution in [3.05, 3.63) is 53.9 Å². The van der Waals surface area contributed by atoms with Crippen molar-refractivity contribution >= 4 is 6.03 Å². The number of carbonyl (C=O) groups is 1. The van der Waals surface area contributed by atoms with Gasteiger partial charge >= 0.3 is 6.03 Å². The molecule has 0 saturated heterocycles. The molecule has 0 spiro atoms. The van der Waals surface area contributed by atoms with Crippen LogP contribution in [-0.2, 0) is 12.1 Å². The van der Waals surface area contributed by atoms with Gasteiger partial charge in [0.25, 0.3) is 0 Å². The van der Waals surface area contributed by atoms with E-state index in [1.165, 1.54) is 0 Å².